The lowest BCUT2D eigenvalue weighted by Gasteiger charge is -2.23. The minimum absolute atomic E-state index is 0.387. The van der Waals surface area contributed by atoms with E-state index in [4.69, 9.17) is 5.11 Å². The van der Waals surface area contributed by atoms with Crippen LogP contribution in [0, 0.1) is 13.8 Å². The lowest BCUT2D eigenvalue weighted by molar-refractivity contribution is -0.138. The van der Waals surface area contributed by atoms with E-state index in [1.807, 2.05) is 30.5 Å². The number of carboxylic acid groups (broad SMARTS) is 1. The number of aromatic nitrogens is 2. The highest BCUT2D eigenvalue weighted by atomic mass is 16.4. The molecule has 0 aliphatic carbocycles. The second-order valence-electron chi connectivity index (χ2n) is 4.33. The van der Waals surface area contributed by atoms with Gasteiger partial charge in [0.15, 0.2) is 0 Å². The largest absolute Gasteiger partial charge is 0.480 e. The second-order valence-corrected chi connectivity index (χ2v) is 4.33. The van der Waals surface area contributed by atoms with Crippen molar-refractivity contribution in [1.29, 1.82) is 0 Å². The Morgan fingerprint density at radius 3 is 2.69 bits per heavy atom. The van der Waals surface area contributed by atoms with Gasteiger partial charge in [-0.15, -0.1) is 0 Å². The first-order chi connectivity index (χ1) is 7.52. The quantitative estimate of drug-likeness (QED) is 0.815. The summed E-state index contributed by atoms with van der Waals surface area (Å²) in [4.78, 5) is 13.1. The lowest BCUT2D eigenvalue weighted by atomic mass is 10.2. The molecule has 0 aromatic carbocycles. The zero-order valence-electron chi connectivity index (χ0n) is 9.90. The Hall–Kier alpha value is -1.52. The van der Waals surface area contributed by atoms with E-state index in [1.165, 1.54) is 0 Å². The summed E-state index contributed by atoms with van der Waals surface area (Å²) in [5.74, 6) is -0.736. The van der Waals surface area contributed by atoms with Crippen molar-refractivity contribution >= 4 is 11.7 Å². The van der Waals surface area contributed by atoms with Crippen LogP contribution < -0.4 is 4.90 Å². The van der Waals surface area contributed by atoms with Crippen LogP contribution in [0.1, 0.15) is 24.2 Å². The molecule has 1 aliphatic heterocycles. The molecule has 1 aliphatic rings. The van der Waals surface area contributed by atoms with Gasteiger partial charge in [-0.1, -0.05) is 0 Å². The molecule has 0 bridgehead atoms. The standard InChI is InChI=1S/C11H17N3O2/c1-7-10(8(2)13(3)12-7)14-6-4-5-9(14)11(15)16/h9H,4-6H2,1-3H3,(H,15,16). The zero-order valence-corrected chi connectivity index (χ0v) is 9.90. The Bertz CT molecular complexity index is 425. The van der Waals surface area contributed by atoms with E-state index < -0.39 is 5.97 Å². The highest BCUT2D eigenvalue weighted by molar-refractivity contribution is 5.79. The Labute approximate surface area is 94.7 Å². The minimum atomic E-state index is -0.736. The lowest BCUT2D eigenvalue weighted by Crippen LogP contribution is -2.36. The first kappa shape index (κ1) is 11.0. The van der Waals surface area contributed by atoms with E-state index in [9.17, 15) is 4.79 Å². The van der Waals surface area contributed by atoms with E-state index in [0.717, 1.165) is 36.5 Å². The molecule has 1 N–H and O–H groups in total. The number of aliphatic carboxylic acids is 1. The first-order valence-corrected chi connectivity index (χ1v) is 5.52. The molecular weight excluding hydrogens is 206 g/mol. The van der Waals surface area contributed by atoms with Crippen molar-refractivity contribution < 1.29 is 9.90 Å². The summed E-state index contributed by atoms with van der Waals surface area (Å²) in [7, 11) is 1.89. The number of hydrogen-bond donors (Lipinski definition) is 1. The summed E-state index contributed by atoms with van der Waals surface area (Å²) in [5.41, 5.74) is 2.94. The van der Waals surface area contributed by atoms with Crippen molar-refractivity contribution in [2.45, 2.75) is 32.7 Å². The van der Waals surface area contributed by atoms with Crippen molar-refractivity contribution in [1.82, 2.24) is 9.78 Å². The summed E-state index contributed by atoms with van der Waals surface area (Å²) in [5, 5.41) is 13.5. The van der Waals surface area contributed by atoms with Crippen molar-refractivity contribution in [3.63, 3.8) is 0 Å². The number of nitrogens with zero attached hydrogens (tertiary/aromatic N) is 3. The minimum Gasteiger partial charge on any atom is -0.480 e. The van der Waals surface area contributed by atoms with Crippen molar-refractivity contribution in [2.24, 2.45) is 7.05 Å². The van der Waals surface area contributed by atoms with Gasteiger partial charge in [0.05, 0.1) is 17.1 Å². The number of carboxylic acids is 1. The summed E-state index contributed by atoms with van der Waals surface area (Å²) >= 11 is 0. The molecule has 1 atom stereocenters. The topological polar surface area (TPSA) is 58.4 Å². The number of hydrogen-bond acceptors (Lipinski definition) is 3. The number of anilines is 1. The molecular formula is C11H17N3O2. The number of aryl methyl sites for hydroxylation is 2. The molecule has 1 saturated heterocycles. The molecule has 0 amide bonds. The van der Waals surface area contributed by atoms with E-state index in [-0.39, 0.29) is 6.04 Å². The van der Waals surface area contributed by atoms with Crippen LogP contribution in [0.4, 0.5) is 5.69 Å². The Morgan fingerprint density at radius 1 is 1.50 bits per heavy atom. The molecule has 2 rings (SSSR count). The van der Waals surface area contributed by atoms with Gasteiger partial charge in [0.25, 0.3) is 0 Å². The fourth-order valence-electron chi connectivity index (χ4n) is 2.47. The Kier molecular flexibility index (Phi) is 2.61. The third kappa shape index (κ3) is 1.56. The van der Waals surface area contributed by atoms with Gasteiger partial charge < -0.3 is 10.0 Å². The van der Waals surface area contributed by atoms with Crippen LogP contribution in [0.25, 0.3) is 0 Å². The molecule has 0 radical (unpaired) electrons. The van der Waals surface area contributed by atoms with Gasteiger partial charge in [0, 0.05) is 13.6 Å². The molecule has 0 spiro atoms. The van der Waals surface area contributed by atoms with Crippen LogP contribution in [-0.2, 0) is 11.8 Å². The van der Waals surface area contributed by atoms with E-state index >= 15 is 0 Å². The van der Waals surface area contributed by atoms with Crippen LogP contribution >= 0.6 is 0 Å². The third-order valence-electron chi connectivity index (χ3n) is 3.30. The van der Waals surface area contributed by atoms with Crippen LogP contribution in [-0.4, -0.2) is 33.4 Å². The molecule has 5 heteroatoms. The van der Waals surface area contributed by atoms with E-state index in [2.05, 4.69) is 5.10 Å². The van der Waals surface area contributed by atoms with E-state index in [1.54, 1.807) is 0 Å². The third-order valence-corrected chi connectivity index (χ3v) is 3.30. The summed E-state index contributed by atoms with van der Waals surface area (Å²) in [6, 6.07) is -0.387. The van der Waals surface area contributed by atoms with Gasteiger partial charge in [0.1, 0.15) is 6.04 Å². The highest BCUT2D eigenvalue weighted by Gasteiger charge is 2.33. The second kappa shape index (κ2) is 3.81. The molecule has 5 nitrogen and oxygen atoms in total. The first-order valence-electron chi connectivity index (χ1n) is 5.52. The van der Waals surface area contributed by atoms with Gasteiger partial charge in [-0.25, -0.2) is 4.79 Å². The van der Waals surface area contributed by atoms with Gasteiger partial charge in [-0.05, 0) is 26.7 Å². The number of rotatable bonds is 2. The van der Waals surface area contributed by atoms with Crippen LogP contribution in [0.15, 0.2) is 0 Å². The Balaban J connectivity index is 2.40. The molecule has 1 unspecified atom stereocenters. The Morgan fingerprint density at radius 2 is 2.19 bits per heavy atom. The summed E-state index contributed by atoms with van der Waals surface area (Å²) in [6.07, 6.45) is 1.66. The number of carbonyl (C=O) groups is 1. The average Bonchev–Trinajstić information content (AvgIpc) is 2.73. The van der Waals surface area contributed by atoms with Crippen LogP contribution in [0.2, 0.25) is 0 Å². The molecule has 1 aromatic rings. The van der Waals surface area contributed by atoms with Crippen molar-refractivity contribution in [2.75, 3.05) is 11.4 Å². The van der Waals surface area contributed by atoms with Crippen molar-refractivity contribution in [3.8, 4) is 0 Å². The monoisotopic (exact) mass is 223 g/mol. The maximum absolute atomic E-state index is 11.1. The van der Waals surface area contributed by atoms with Crippen LogP contribution in [0.5, 0.6) is 0 Å². The highest BCUT2D eigenvalue weighted by Crippen LogP contribution is 2.30. The average molecular weight is 223 g/mol. The molecule has 1 fully saturated rings. The fourth-order valence-corrected chi connectivity index (χ4v) is 2.47. The molecule has 1 aromatic heterocycles. The van der Waals surface area contributed by atoms with E-state index in [0.29, 0.717) is 0 Å². The predicted molar refractivity (Wildman–Crippen MR) is 60.7 cm³/mol. The molecule has 0 saturated carbocycles. The van der Waals surface area contributed by atoms with Crippen molar-refractivity contribution in [3.05, 3.63) is 11.4 Å². The summed E-state index contributed by atoms with van der Waals surface area (Å²) in [6.45, 7) is 4.72. The van der Waals surface area contributed by atoms with Gasteiger partial charge >= 0.3 is 5.97 Å². The molecule has 2 heterocycles. The molecule has 16 heavy (non-hydrogen) atoms. The van der Waals surface area contributed by atoms with Crippen LogP contribution in [0.3, 0.4) is 0 Å². The fraction of sp³-hybridized carbons (Fsp3) is 0.636. The zero-order chi connectivity index (χ0) is 11.9. The van der Waals surface area contributed by atoms with Gasteiger partial charge in [0.2, 0.25) is 0 Å². The van der Waals surface area contributed by atoms with Gasteiger partial charge in [-0.3, -0.25) is 4.68 Å². The molecule has 88 valence electrons. The smallest absolute Gasteiger partial charge is 0.326 e. The normalized spacial score (nSPS) is 20.4. The maximum atomic E-state index is 11.1. The van der Waals surface area contributed by atoms with Gasteiger partial charge in [-0.2, -0.15) is 5.10 Å². The SMILES string of the molecule is Cc1nn(C)c(C)c1N1CCCC1C(=O)O. The maximum Gasteiger partial charge on any atom is 0.326 e. The predicted octanol–water partition coefficient (Wildman–Crippen LogP) is 1.09. The summed E-state index contributed by atoms with van der Waals surface area (Å²) < 4.78 is 1.81.